The Morgan fingerprint density at radius 1 is 1.15 bits per heavy atom. The van der Waals surface area contributed by atoms with Gasteiger partial charge in [0.15, 0.2) is 5.01 Å². The van der Waals surface area contributed by atoms with Crippen molar-refractivity contribution in [3.63, 3.8) is 0 Å². The number of primary amides is 1. The molecule has 1 atom stereocenters. The van der Waals surface area contributed by atoms with Crippen LogP contribution in [0.3, 0.4) is 0 Å². The second kappa shape index (κ2) is 9.72. The minimum absolute atomic E-state index is 0.126. The predicted octanol–water partition coefficient (Wildman–Crippen LogP) is 3.60. The number of hydrogen-bond donors (Lipinski definition) is 4. The van der Waals surface area contributed by atoms with Crippen LogP contribution in [-0.2, 0) is 0 Å². The number of aliphatic hydroxyl groups is 1. The van der Waals surface area contributed by atoms with Gasteiger partial charge in [-0.25, -0.2) is 4.98 Å². The van der Waals surface area contributed by atoms with Crippen LogP contribution in [0.15, 0.2) is 54.7 Å². The third-order valence-corrected chi connectivity index (χ3v) is 5.86. The van der Waals surface area contributed by atoms with E-state index < -0.39 is 5.91 Å². The van der Waals surface area contributed by atoms with Gasteiger partial charge >= 0.3 is 0 Å². The molecule has 0 spiro atoms. The number of anilines is 3. The maximum atomic E-state index is 11.5. The molecule has 0 unspecified atom stereocenters. The number of aromatic nitrogens is 4. The largest absolute Gasteiger partial charge is 0.394 e. The molecule has 0 saturated carbocycles. The van der Waals surface area contributed by atoms with E-state index in [0.717, 1.165) is 16.1 Å². The van der Waals surface area contributed by atoms with Crippen molar-refractivity contribution in [3.05, 3.63) is 76.4 Å². The molecule has 0 fully saturated rings. The standard InChI is InChI=1S/C23H23N7O2S/c1-13-10-16(8-9-17(13)20(24)32)26-23-25-11-18(22-30-29-14(2)33-22)21(28-23)27-19(12-31)15-6-4-3-5-7-15/h3-11,19,31H,12H2,1-2H3,(H2,24,32)(H2,25,26,27,28)/t19-/m1/s1. The molecule has 9 nitrogen and oxygen atoms in total. The van der Waals surface area contributed by atoms with Gasteiger partial charge in [0.1, 0.15) is 10.8 Å². The highest BCUT2D eigenvalue weighted by Crippen LogP contribution is 2.32. The minimum Gasteiger partial charge on any atom is -0.394 e. The predicted molar refractivity (Wildman–Crippen MR) is 129 cm³/mol. The molecule has 2 aromatic heterocycles. The number of hydrogen-bond acceptors (Lipinski definition) is 9. The quantitative estimate of drug-likeness (QED) is 0.312. The number of carbonyl (C=O) groups excluding carboxylic acids is 1. The number of aryl methyl sites for hydroxylation is 2. The first-order valence-electron chi connectivity index (χ1n) is 10.2. The Hall–Kier alpha value is -3.89. The molecule has 0 aliphatic carbocycles. The number of aliphatic hydroxyl groups excluding tert-OH is 1. The van der Waals surface area contributed by atoms with Crippen molar-refractivity contribution in [1.29, 1.82) is 0 Å². The second-order valence-corrected chi connectivity index (χ2v) is 8.57. The molecule has 0 bridgehead atoms. The van der Waals surface area contributed by atoms with Crippen LogP contribution >= 0.6 is 11.3 Å². The summed E-state index contributed by atoms with van der Waals surface area (Å²) in [4.78, 5) is 20.6. The Bertz CT molecular complexity index is 1280. The van der Waals surface area contributed by atoms with Gasteiger partial charge in [-0.3, -0.25) is 4.79 Å². The number of nitrogens with two attached hydrogens (primary N) is 1. The van der Waals surface area contributed by atoms with E-state index >= 15 is 0 Å². The summed E-state index contributed by atoms with van der Waals surface area (Å²) in [5, 5.41) is 26.3. The Balaban J connectivity index is 1.69. The van der Waals surface area contributed by atoms with Gasteiger partial charge in [-0.1, -0.05) is 41.7 Å². The van der Waals surface area contributed by atoms with Crippen molar-refractivity contribution >= 4 is 34.7 Å². The lowest BCUT2D eigenvalue weighted by Crippen LogP contribution is -2.17. The van der Waals surface area contributed by atoms with E-state index in [2.05, 4.69) is 30.8 Å². The molecular formula is C23H23N7O2S. The van der Waals surface area contributed by atoms with Crippen LogP contribution in [0.4, 0.5) is 17.5 Å². The van der Waals surface area contributed by atoms with Gasteiger partial charge in [0, 0.05) is 17.4 Å². The van der Waals surface area contributed by atoms with Crippen molar-refractivity contribution in [2.45, 2.75) is 19.9 Å². The Kier molecular flexibility index (Phi) is 6.57. The molecular weight excluding hydrogens is 438 g/mol. The van der Waals surface area contributed by atoms with Crippen molar-refractivity contribution in [2.24, 2.45) is 5.73 Å². The highest BCUT2D eigenvalue weighted by Gasteiger charge is 2.18. The summed E-state index contributed by atoms with van der Waals surface area (Å²) in [6, 6.07) is 14.5. The van der Waals surface area contributed by atoms with E-state index in [1.165, 1.54) is 11.3 Å². The van der Waals surface area contributed by atoms with Gasteiger partial charge in [-0.15, -0.1) is 10.2 Å². The fourth-order valence-electron chi connectivity index (χ4n) is 3.35. The first kappa shape index (κ1) is 22.3. The zero-order chi connectivity index (χ0) is 23.4. The van der Waals surface area contributed by atoms with Gasteiger partial charge in [0.05, 0.1) is 18.2 Å². The molecule has 0 aliphatic rings. The lowest BCUT2D eigenvalue weighted by atomic mass is 10.1. The summed E-state index contributed by atoms with van der Waals surface area (Å²) >= 11 is 1.43. The van der Waals surface area contributed by atoms with Gasteiger partial charge in [0.25, 0.3) is 0 Å². The van der Waals surface area contributed by atoms with Crippen LogP contribution in [0.2, 0.25) is 0 Å². The monoisotopic (exact) mass is 461 g/mol. The minimum atomic E-state index is -0.477. The van der Waals surface area contributed by atoms with E-state index in [4.69, 9.17) is 5.73 Å². The van der Waals surface area contributed by atoms with Crippen molar-refractivity contribution in [2.75, 3.05) is 17.2 Å². The average molecular weight is 462 g/mol. The van der Waals surface area contributed by atoms with Crippen molar-refractivity contribution in [1.82, 2.24) is 20.2 Å². The van der Waals surface area contributed by atoms with Crippen LogP contribution in [-0.4, -0.2) is 37.8 Å². The van der Waals surface area contributed by atoms with E-state index in [9.17, 15) is 9.90 Å². The maximum absolute atomic E-state index is 11.5. The first-order valence-corrected chi connectivity index (χ1v) is 11.0. The Morgan fingerprint density at radius 3 is 2.58 bits per heavy atom. The van der Waals surface area contributed by atoms with Gasteiger partial charge in [-0.05, 0) is 43.2 Å². The number of benzene rings is 2. The topological polar surface area (TPSA) is 139 Å². The smallest absolute Gasteiger partial charge is 0.248 e. The number of rotatable bonds is 8. The zero-order valence-corrected chi connectivity index (χ0v) is 18.9. The molecule has 2 heterocycles. The van der Waals surface area contributed by atoms with Crippen LogP contribution in [0.5, 0.6) is 0 Å². The highest BCUT2D eigenvalue weighted by atomic mass is 32.1. The van der Waals surface area contributed by atoms with Crippen LogP contribution < -0.4 is 16.4 Å². The summed E-state index contributed by atoms with van der Waals surface area (Å²) in [6.07, 6.45) is 1.67. The van der Waals surface area contributed by atoms with Crippen LogP contribution in [0, 0.1) is 13.8 Å². The molecule has 10 heteroatoms. The third-order valence-electron chi connectivity index (χ3n) is 4.99. The lowest BCUT2D eigenvalue weighted by molar-refractivity contribution is 0.0999. The molecule has 5 N–H and O–H groups in total. The summed E-state index contributed by atoms with van der Waals surface area (Å²) in [5.74, 6) is 0.380. The van der Waals surface area contributed by atoms with Crippen molar-refractivity contribution < 1.29 is 9.90 Å². The molecule has 0 saturated heterocycles. The maximum Gasteiger partial charge on any atom is 0.248 e. The summed E-state index contributed by atoms with van der Waals surface area (Å²) in [5.41, 5.74) is 8.92. The molecule has 0 aliphatic heterocycles. The van der Waals surface area contributed by atoms with E-state index in [0.29, 0.717) is 33.6 Å². The molecule has 1 amide bonds. The molecule has 33 heavy (non-hydrogen) atoms. The van der Waals surface area contributed by atoms with Crippen molar-refractivity contribution in [3.8, 4) is 10.6 Å². The molecule has 2 aromatic carbocycles. The van der Waals surface area contributed by atoms with Crippen LogP contribution in [0.1, 0.15) is 32.5 Å². The Labute approximate surface area is 194 Å². The molecule has 4 rings (SSSR count). The number of nitrogens with one attached hydrogen (secondary N) is 2. The lowest BCUT2D eigenvalue weighted by Gasteiger charge is -2.19. The number of amides is 1. The first-order chi connectivity index (χ1) is 15.9. The summed E-state index contributed by atoms with van der Waals surface area (Å²) in [6.45, 7) is 3.56. The zero-order valence-electron chi connectivity index (χ0n) is 18.1. The number of carbonyl (C=O) groups is 1. The number of nitrogens with zero attached hydrogens (tertiary/aromatic N) is 4. The third kappa shape index (κ3) is 5.13. The molecule has 4 aromatic rings. The second-order valence-electron chi connectivity index (χ2n) is 7.39. The molecule has 168 valence electrons. The SMILES string of the molecule is Cc1nnc(-c2cnc(Nc3ccc(C(N)=O)c(C)c3)nc2N[C@H](CO)c2ccccc2)s1. The highest BCUT2D eigenvalue weighted by molar-refractivity contribution is 7.14. The van der Waals surface area contributed by atoms with Gasteiger partial charge in [-0.2, -0.15) is 4.98 Å². The van der Waals surface area contributed by atoms with Gasteiger partial charge < -0.3 is 21.5 Å². The summed E-state index contributed by atoms with van der Waals surface area (Å²) < 4.78 is 0. The normalized spacial score (nSPS) is 11.7. The molecule has 0 radical (unpaired) electrons. The van der Waals surface area contributed by atoms with E-state index in [1.807, 2.05) is 44.2 Å². The average Bonchev–Trinajstić information content (AvgIpc) is 3.24. The Morgan fingerprint density at radius 2 is 1.94 bits per heavy atom. The summed E-state index contributed by atoms with van der Waals surface area (Å²) in [7, 11) is 0. The van der Waals surface area contributed by atoms with Gasteiger partial charge in [0.2, 0.25) is 11.9 Å². The van der Waals surface area contributed by atoms with E-state index in [1.54, 1.807) is 24.4 Å². The fourth-order valence-corrected chi connectivity index (χ4v) is 4.05. The van der Waals surface area contributed by atoms with E-state index in [-0.39, 0.29) is 12.6 Å². The fraction of sp³-hybridized carbons (Fsp3) is 0.174. The van der Waals surface area contributed by atoms with Crippen LogP contribution in [0.25, 0.3) is 10.6 Å².